The molecule has 27 heavy (non-hydrogen) atoms. The number of hydrogen-bond donors (Lipinski definition) is 1. The lowest BCUT2D eigenvalue weighted by atomic mass is 10.0. The molecule has 0 bridgehead atoms. The Bertz CT molecular complexity index is 889. The van der Waals surface area contributed by atoms with Crippen molar-refractivity contribution >= 4 is 23.4 Å². The van der Waals surface area contributed by atoms with Crippen LogP contribution < -0.4 is 9.80 Å². The predicted molar refractivity (Wildman–Crippen MR) is 98.3 cm³/mol. The van der Waals surface area contributed by atoms with Crippen molar-refractivity contribution in [3.63, 3.8) is 0 Å². The fourth-order valence-corrected chi connectivity index (χ4v) is 4.03. The summed E-state index contributed by atoms with van der Waals surface area (Å²) in [6, 6.07) is 1.44. The van der Waals surface area contributed by atoms with Gasteiger partial charge in [0.1, 0.15) is 11.7 Å². The van der Waals surface area contributed by atoms with E-state index in [0.717, 1.165) is 25.7 Å². The van der Waals surface area contributed by atoms with Crippen LogP contribution in [0.5, 0.6) is 0 Å². The molecule has 3 heterocycles. The van der Waals surface area contributed by atoms with E-state index in [0.29, 0.717) is 23.9 Å². The smallest absolute Gasteiger partial charge is 0.356 e. The SMILES string of the molecule is CC[C@@H]1C(=O)N(C)c2cnc(-n3ccc(C(=O)O)n3)nc2N1C1CCCC1. The van der Waals surface area contributed by atoms with E-state index in [2.05, 4.69) is 15.0 Å². The normalized spacial score (nSPS) is 20.2. The van der Waals surface area contributed by atoms with Gasteiger partial charge in [-0.25, -0.2) is 14.5 Å². The first kappa shape index (κ1) is 17.4. The van der Waals surface area contributed by atoms with Gasteiger partial charge in [-0.3, -0.25) is 4.79 Å². The summed E-state index contributed by atoms with van der Waals surface area (Å²) in [4.78, 5) is 36.7. The molecule has 1 aliphatic carbocycles. The van der Waals surface area contributed by atoms with E-state index in [-0.39, 0.29) is 23.7 Å². The van der Waals surface area contributed by atoms with Crippen molar-refractivity contribution in [2.45, 2.75) is 51.1 Å². The lowest BCUT2D eigenvalue weighted by molar-refractivity contribution is -0.120. The molecule has 2 aromatic rings. The van der Waals surface area contributed by atoms with Gasteiger partial charge in [-0.1, -0.05) is 19.8 Å². The Balaban J connectivity index is 1.81. The van der Waals surface area contributed by atoms with Gasteiger partial charge in [0.05, 0.1) is 6.20 Å². The van der Waals surface area contributed by atoms with Crippen LogP contribution in [0.1, 0.15) is 49.5 Å². The number of fused-ring (bicyclic) bond motifs is 1. The van der Waals surface area contributed by atoms with Gasteiger partial charge >= 0.3 is 5.97 Å². The molecule has 0 unspecified atom stereocenters. The minimum atomic E-state index is -1.10. The molecular weight excluding hydrogens is 348 g/mol. The molecule has 1 fully saturated rings. The molecule has 1 saturated carbocycles. The van der Waals surface area contributed by atoms with Crippen LogP contribution in [0.25, 0.3) is 5.95 Å². The molecule has 0 saturated heterocycles. The van der Waals surface area contributed by atoms with E-state index in [4.69, 9.17) is 10.1 Å². The van der Waals surface area contributed by atoms with Crippen LogP contribution in [0.2, 0.25) is 0 Å². The van der Waals surface area contributed by atoms with E-state index in [1.165, 1.54) is 16.9 Å². The minimum absolute atomic E-state index is 0.0560. The van der Waals surface area contributed by atoms with E-state index in [1.807, 2.05) is 6.92 Å². The third-order valence-corrected chi connectivity index (χ3v) is 5.41. The van der Waals surface area contributed by atoms with E-state index < -0.39 is 5.97 Å². The lowest BCUT2D eigenvalue weighted by Crippen LogP contribution is -2.55. The summed E-state index contributed by atoms with van der Waals surface area (Å²) >= 11 is 0. The van der Waals surface area contributed by atoms with E-state index in [9.17, 15) is 9.59 Å². The summed E-state index contributed by atoms with van der Waals surface area (Å²) in [5.74, 6) is -0.0359. The zero-order valence-corrected chi connectivity index (χ0v) is 15.4. The Hall–Kier alpha value is -2.97. The second-order valence-electron chi connectivity index (χ2n) is 7.00. The molecule has 1 amide bonds. The van der Waals surface area contributed by atoms with Gasteiger partial charge in [-0.15, -0.1) is 0 Å². The number of likely N-dealkylation sites (N-methyl/N-ethyl adjacent to an activating group) is 1. The number of carbonyl (C=O) groups excluding carboxylic acids is 1. The number of nitrogens with zero attached hydrogens (tertiary/aromatic N) is 6. The van der Waals surface area contributed by atoms with Crippen LogP contribution in [0.15, 0.2) is 18.5 Å². The number of aromatic nitrogens is 4. The molecule has 142 valence electrons. The topological polar surface area (TPSA) is 104 Å². The highest BCUT2D eigenvalue weighted by Gasteiger charge is 2.41. The maximum atomic E-state index is 12.9. The van der Waals surface area contributed by atoms with Gasteiger partial charge in [0.25, 0.3) is 5.95 Å². The van der Waals surface area contributed by atoms with Crippen molar-refractivity contribution in [1.29, 1.82) is 0 Å². The molecule has 9 heteroatoms. The Morgan fingerprint density at radius 1 is 1.33 bits per heavy atom. The van der Waals surface area contributed by atoms with Gasteiger partial charge in [0, 0.05) is 19.3 Å². The molecule has 1 aliphatic heterocycles. The second kappa shape index (κ2) is 6.64. The van der Waals surface area contributed by atoms with Gasteiger partial charge < -0.3 is 14.9 Å². The first-order valence-corrected chi connectivity index (χ1v) is 9.23. The Labute approximate surface area is 156 Å². The van der Waals surface area contributed by atoms with Gasteiger partial charge in [0.15, 0.2) is 11.5 Å². The number of carboxylic acid groups (broad SMARTS) is 1. The number of amides is 1. The Kier molecular flexibility index (Phi) is 4.29. The number of rotatable bonds is 4. The molecule has 2 aliphatic rings. The molecule has 0 radical (unpaired) electrons. The van der Waals surface area contributed by atoms with Crippen LogP contribution in [0.3, 0.4) is 0 Å². The fraction of sp³-hybridized carbons (Fsp3) is 0.500. The molecular formula is C18H22N6O3. The van der Waals surface area contributed by atoms with Crippen molar-refractivity contribution in [1.82, 2.24) is 19.7 Å². The van der Waals surface area contributed by atoms with E-state index in [1.54, 1.807) is 18.1 Å². The maximum absolute atomic E-state index is 12.9. The summed E-state index contributed by atoms with van der Waals surface area (Å²) in [7, 11) is 1.75. The van der Waals surface area contributed by atoms with Gasteiger partial charge in [-0.2, -0.15) is 10.1 Å². The quantitative estimate of drug-likeness (QED) is 0.876. The number of carbonyl (C=O) groups is 2. The molecule has 1 N–H and O–H groups in total. The Morgan fingerprint density at radius 3 is 2.70 bits per heavy atom. The fourth-order valence-electron chi connectivity index (χ4n) is 4.03. The highest BCUT2D eigenvalue weighted by atomic mass is 16.4. The minimum Gasteiger partial charge on any atom is -0.476 e. The first-order valence-electron chi connectivity index (χ1n) is 9.23. The van der Waals surface area contributed by atoms with Crippen LogP contribution in [-0.4, -0.2) is 55.9 Å². The van der Waals surface area contributed by atoms with Crippen LogP contribution in [0.4, 0.5) is 11.5 Å². The Morgan fingerprint density at radius 2 is 2.07 bits per heavy atom. The van der Waals surface area contributed by atoms with Gasteiger partial charge in [0.2, 0.25) is 5.91 Å². The average Bonchev–Trinajstić information content (AvgIpc) is 3.35. The summed E-state index contributed by atoms with van der Waals surface area (Å²) < 4.78 is 1.36. The summed E-state index contributed by atoms with van der Waals surface area (Å²) in [6.45, 7) is 2.01. The number of aromatic carboxylic acids is 1. The van der Waals surface area contributed by atoms with Crippen LogP contribution in [-0.2, 0) is 4.79 Å². The van der Waals surface area contributed by atoms with Crippen molar-refractivity contribution in [2.75, 3.05) is 16.8 Å². The average molecular weight is 370 g/mol. The van der Waals surface area contributed by atoms with Crippen LogP contribution in [0, 0.1) is 0 Å². The monoisotopic (exact) mass is 370 g/mol. The third kappa shape index (κ3) is 2.83. The van der Waals surface area contributed by atoms with Crippen molar-refractivity contribution < 1.29 is 14.7 Å². The lowest BCUT2D eigenvalue weighted by Gasteiger charge is -2.43. The maximum Gasteiger partial charge on any atom is 0.356 e. The largest absolute Gasteiger partial charge is 0.476 e. The first-order chi connectivity index (χ1) is 13.0. The van der Waals surface area contributed by atoms with Gasteiger partial charge in [-0.05, 0) is 25.3 Å². The molecule has 9 nitrogen and oxygen atoms in total. The molecule has 1 atom stereocenters. The number of hydrogen-bond acceptors (Lipinski definition) is 6. The highest BCUT2D eigenvalue weighted by molar-refractivity contribution is 6.04. The second-order valence-corrected chi connectivity index (χ2v) is 7.00. The van der Waals surface area contributed by atoms with E-state index >= 15 is 0 Å². The zero-order valence-electron chi connectivity index (χ0n) is 15.4. The molecule has 4 rings (SSSR count). The molecule has 2 aromatic heterocycles. The van der Waals surface area contributed by atoms with Crippen LogP contribution >= 0.6 is 0 Å². The number of carboxylic acids is 1. The third-order valence-electron chi connectivity index (χ3n) is 5.41. The molecule has 0 spiro atoms. The zero-order chi connectivity index (χ0) is 19.1. The number of anilines is 2. The molecule has 0 aromatic carbocycles. The highest BCUT2D eigenvalue weighted by Crippen LogP contribution is 2.39. The summed E-state index contributed by atoms with van der Waals surface area (Å²) in [5.41, 5.74) is 0.605. The standard InChI is InChI=1S/C18H22N6O3/c1-3-13-16(25)22(2)14-10-19-18(23-9-8-12(21-23)17(26)27)20-15(14)24(13)11-6-4-5-7-11/h8-11,13H,3-7H2,1-2H3,(H,26,27)/t13-/m1/s1. The predicted octanol–water partition coefficient (Wildman–Crippen LogP) is 1.86. The van der Waals surface area contributed by atoms with Crippen molar-refractivity contribution in [2.24, 2.45) is 0 Å². The summed E-state index contributed by atoms with van der Waals surface area (Å²) in [6.07, 6.45) is 8.22. The van der Waals surface area contributed by atoms with Crippen molar-refractivity contribution in [3.8, 4) is 5.95 Å². The summed E-state index contributed by atoms with van der Waals surface area (Å²) in [5, 5.41) is 13.1. The van der Waals surface area contributed by atoms with Crippen molar-refractivity contribution in [3.05, 3.63) is 24.2 Å².